The fraction of sp³-hybridized carbons (Fsp3) is 0.333. The molecule has 39 heavy (non-hydrogen) atoms. The summed E-state index contributed by atoms with van der Waals surface area (Å²) in [4.78, 5) is 39.1. The van der Waals surface area contributed by atoms with Crippen LogP contribution in [-0.4, -0.2) is 50.1 Å². The molecular weight excluding hydrogens is 496 g/mol. The molecule has 0 atom stereocenters. The number of hydrogen-bond acceptors (Lipinski definition) is 6. The fourth-order valence-corrected chi connectivity index (χ4v) is 4.91. The minimum atomic E-state index is -0.508. The zero-order valence-corrected chi connectivity index (χ0v) is 22.3. The van der Waals surface area contributed by atoms with Crippen molar-refractivity contribution in [2.24, 2.45) is 5.92 Å². The highest BCUT2D eigenvalue weighted by atomic mass is 16.6. The topological polar surface area (TPSA) is 114 Å². The van der Waals surface area contributed by atoms with Gasteiger partial charge in [0, 0.05) is 55.3 Å². The molecule has 0 aromatic heterocycles. The Labute approximate surface area is 228 Å². The first-order valence-electron chi connectivity index (χ1n) is 13.1. The first-order valence-corrected chi connectivity index (χ1v) is 13.1. The van der Waals surface area contributed by atoms with Gasteiger partial charge in [-0.25, -0.2) is 0 Å². The number of hydrogen-bond donors (Lipinski definition) is 2. The van der Waals surface area contributed by atoms with E-state index in [4.69, 9.17) is 4.74 Å². The van der Waals surface area contributed by atoms with E-state index in [0.29, 0.717) is 35.9 Å². The Morgan fingerprint density at radius 3 is 2.46 bits per heavy atom. The maximum absolute atomic E-state index is 13.2. The molecule has 204 valence electrons. The normalized spacial score (nSPS) is 13.6. The number of carbonyl (C=O) groups excluding carboxylic acids is 2. The predicted molar refractivity (Wildman–Crippen MR) is 152 cm³/mol. The van der Waals surface area contributed by atoms with Crippen LogP contribution in [0.3, 0.4) is 0 Å². The van der Waals surface area contributed by atoms with Crippen molar-refractivity contribution < 1.29 is 19.2 Å². The van der Waals surface area contributed by atoms with Crippen molar-refractivity contribution in [3.63, 3.8) is 0 Å². The third kappa shape index (κ3) is 7.20. The molecule has 4 rings (SSSR count). The van der Waals surface area contributed by atoms with Crippen molar-refractivity contribution in [1.29, 1.82) is 0 Å². The molecule has 0 saturated carbocycles. The summed E-state index contributed by atoms with van der Waals surface area (Å²) in [7, 11) is 1.57. The number of nitro groups is 1. The zero-order valence-electron chi connectivity index (χ0n) is 22.3. The molecule has 2 N–H and O–H groups in total. The number of nitrogens with zero attached hydrogens (tertiary/aromatic N) is 2. The van der Waals surface area contributed by atoms with E-state index in [2.05, 4.69) is 39.8 Å². The summed E-state index contributed by atoms with van der Waals surface area (Å²) in [6.45, 7) is 4.02. The molecular formula is C30H34N4O5. The van der Waals surface area contributed by atoms with Gasteiger partial charge in [0.15, 0.2) is 0 Å². The van der Waals surface area contributed by atoms with Gasteiger partial charge in [-0.05, 0) is 61.9 Å². The third-order valence-electron chi connectivity index (χ3n) is 7.08. The molecule has 3 aromatic carbocycles. The minimum Gasteiger partial charge on any atom is -0.383 e. The van der Waals surface area contributed by atoms with E-state index in [9.17, 15) is 19.7 Å². The van der Waals surface area contributed by atoms with Crippen LogP contribution < -0.4 is 15.5 Å². The van der Waals surface area contributed by atoms with Crippen molar-refractivity contribution in [2.75, 3.05) is 43.6 Å². The SMILES string of the molecule is COCCNC(=O)c1cc(NC(=O)c2ccc(C)c([N+](=O)[O-])c2)ccc1N1CCC(Cc2ccccc2)CC1. The summed E-state index contributed by atoms with van der Waals surface area (Å²) in [5.41, 5.74) is 3.57. The second kappa shape index (κ2) is 13.0. The largest absolute Gasteiger partial charge is 0.383 e. The molecule has 0 bridgehead atoms. The Hall–Kier alpha value is -4.24. The molecule has 3 aromatic rings. The molecule has 0 unspecified atom stereocenters. The van der Waals surface area contributed by atoms with Gasteiger partial charge >= 0.3 is 0 Å². The zero-order chi connectivity index (χ0) is 27.8. The first-order chi connectivity index (χ1) is 18.9. The van der Waals surface area contributed by atoms with Crippen molar-refractivity contribution in [1.82, 2.24) is 5.32 Å². The molecule has 0 aliphatic carbocycles. The van der Waals surface area contributed by atoms with Gasteiger partial charge in [0.25, 0.3) is 17.5 Å². The Morgan fingerprint density at radius 2 is 1.77 bits per heavy atom. The standard InChI is InChI=1S/C30H34N4O5/c1-21-8-9-24(19-28(21)34(37)38)29(35)32-25-10-11-27(26(20-25)30(36)31-14-17-39-2)33-15-12-23(13-16-33)18-22-6-4-3-5-7-22/h3-11,19-20,23H,12-18H2,1-2H3,(H,31,36)(H,32,35). The summed E-state index contributed by atoms with van der Waals surface area (Å²) in [6.07, 6.45) is 3.08. The number of aryl methyl sites for hydroxylation is 1. The van der Waals surface area contributed by atoms with Crippen molar-refractivity contribution >= 4 is 28.9 Å². The van der Waals surface area contributed by atoms with Gasteiger partial charge in [-0.3, -0.25) is 19.7 Å². The second-order valence-electron chi connectivity index (χ2n) is 9.81. The lowest BCUT2D eigenvalue weighted by atomic mass is 9.89. The number of rotatable bonds is 10. The summed E-state index contributed by atoms with van der Waals surface area (Å²) in [5.74, 6) is -0.159. The van der Waals surface area contributed by atoms with Crippen LogP contribution in [0.5, 0.6) is 0 Å². The summed E-state index contributed by atoms with van der Waals surface area (Å²) < 4.78 is 5.07. The Bertz CT molecular complexity index is 1320. The molecule has 1 aliphatic heterocycles. The van der Waals surface area contributed by atoms with Gasteiger partial charge in [0.1, 0.15) is 0 Å². The lowest BCUT2D eigenvalue weighted by molar-refractivity contribution is -0.385. The Kier molecular flexibility index (Phi) is 9.27. The number of nitro benzene ring substituents is 1. The molecule has 0 spiro atoms. The number of methoxy groups -OCH3 is 1. The Morgan fingerprint density at radius 1 is 1.03 bits per heavy atom. The number of carbonyl (C=O) groups is 2. The highest BCUT2D eigenvalue weighted by molar-refractivity contribution is 6.06. The van der Waals surface area contributed by atoms with E-state index >= 15 is 0 Å². The maximum Gasteiger partial charge on any atom is 0.273 e. The summed E-state index contributed by atoms with van der Waals surface area (Å²) >= 11 is 0. The number of benzene rings is 3. The fourth-order valence-electron chi connectivity index (χ4n) is 4.91. The smallest absolute Gasteiger partial charge is 0.273 e. The highest BCUT2D eigenvalue weighted by Gasteiger charge is 2.24. The van der Waals surface area contributed by atoms with Gasteiger partial charge in [0.05, 0.1) is 17.1 Å². The molecule has 1 heterocycles. The summed E-state index contributed by atoms with van der Waals surface area (Å²) in [5, 5.41) is 17.0. The van der Waals surface area contributed by atoms with E-state index in [1.165, 1.54) is 11.6 Å². The quantitative estimate of drug-likeness (QED) is 0.217. The van der Waals surface area contributed by atoms with Crippen LogP contribution in [0.4, 0.5) is 17.1 Å². The molecule has 1 fully saturated rings. The first kappa shape index (κ1) is 27.8. The van der Waals surface area contributed by atoms with Crippen LogP contribution >= 0.6 is 0 Å². The van der Waals surface area contributed by atoms with Crippen LogP contribution in [0.2, 0.25) is 0 Å². The average molecular weight is 531 g/mol. The van der Waals surface area contributed by atoms with Crippen LogP contribution in [0.15, 0.2) is 66.7 Å². The number of amides is 2. The summed E-state index contributed by atoms with van der Waals surface area (Å²) in [6, 6.07) is 20.1. The second-order valence-corrected chi connectivity index (χ2v) is 9.81. The van der Waals surface area contributed by atoms with Gasteiger partial charge in [-0.15, -0.1) is 0 Å². The third-order valence-corrected chi connectivity index (χ3v) is 7.08. The number of anilines is 2. The van der Waals surface area contributed by atoms with Crippen LogP contribution in [0.1, 0.15) is 44.7 Å². The van der Waals surface area contributed by atoms with Crippen LogP contribution in [0.25, 0.3) is 0 Å². The molecule has 1 aliphatic rings. The number of piperidine rings is 1. The molecule has 1 saturated heterocycles. The maximum atomic E-state index is 13.2. The van der Waals surface area contributed by atoms with Crippen LogP contribution in [-0.2, 0) is 11.2 Å². The van der Waals surface area contributed by atoms with Gasteiger partial charge in [-0.1, -0.05) is 36.4 Å². The lowest BCUT2D eigenvalue weighted by Crippen LogP contribution is -2.36. The van der Waals surface area contributed by atoms with E-state index in [-0.39, 0.29) is 17.2 Å². The van der Waals surface area contributed by atoms with Gasteiger partial charge < -0.3 is 20.3 Å². The highest BCUT2D eigenvalue weighted by Crippen LogP contribution is 2.30. The van der Waals surface area contributed by atoms with E-state index in [1.54, 1.807) is 38.3 Å². The van der Waals surface area contributed by atoms with E-state index < -0.39 is 10.8 Å². The molecule has 2 amide bonds. The molecule has 0 radical (unpaired) electrons. The Balaban J connectivity index is 1.51. The number of ether oxygens (including phenoxy) is 1. The molecule has 9 nitrogen and oxygen atoms in total. The average Bonchev–Trinajstić information content (AvgIpc) is 2.94. The van der Waals surface area contributed by atoms with Crippen molar-refractivity contribution in [3.05, 3.63) is 99.1 Å². The van der Waals surface area contributed by atoms with Crippen molar-refractivity contribution in [3.8, 4) is 0 Å². The van der Waals surface area contributed by atoms with Crippen molar-refractivity contribution in [2.45, 2.75) is 26.2 Å². The monoisotopic (exact) mass is 530 g/mol. The van der Waals surface area contributed by atoms with Gasteiger partial charge in [-0.2, -0.15) is 0 Å². The van der Waals surface area contributed by atoms with E-state index in [1.807, 2.05) is 12.1 Å². The number of nitrogens with one attached hydrogen (secondary N) is 2. The minimum absolute atomic E-state index is 0.119. The van der Waals surface area contributed by atoms with Crippen LogP contribution in [0, 0.1) is 23.0 Å². The predicted octanol–water partition coefficient (Wildman–Crippen LogP) is 4.99. The van der Waals surface area contributed by atoms with Gasteiger partial charge in [0.2, 0.25) is 0 Å². The van der Waals surface area contributed by atoms with E-state index in [0.717, 1.165) is 38.0 Å². The molecule has 9 heteroatoms. The lowest BCUT2D eigenvalue weighted by Gasteiger charge is -2.35.